The lowest BCUT2D eigenvalue weighted by Crippen LogP contribution is -2.30. The Morgan fingerprint density at radius 3 is 0.707 bits per heavy atom. The SMILES string of the molecule is CCCCCCC(CCCCCCCCCCC(=O)OCC(COC(=O)CCCCCCCCCCC(CCCCCC)OC(C)=O)OC(=O)CCCCCCCCCCC(CCCCCC)OC(C)=O)OC(C)=O. The van der Waals surface area contributed by atoms with Crippen LogP contribution in [0.5, 0.6) is 0 Å². The van der Waals surface area contributed by atoms with Crippen molar-refractivity contribution in [1.29, 1.82) is 0 Å². The van der Waals surface area contributed by atoms with E-state index < -0.39 is 6.10 Å². The minimum atomic E-state index is -0.849. The van der Waals surface area contributed by atoms with Crippen LogP contribution in [-0.4, -0.2) is 73.4 Å². The maximum Gasteiger partial charge on any atom is 0.306 e. The van der Waals surface area contributed by atoms with E-state index in [1.807, 2.05) is 0 Å². The summed E-state index contributed by atoms with van der Waals surface area (Å²) >= 11 is 0. The molecule has 0 amide bonds. The quantitative estimate of drug-likeness (QED) is 0.0323. The van der Waals surface area contributed by atoms with Gasteiger partial charge in [0, 0.05) is 40.0 Å². The Bertz CT molecular complexity index is 1300. The van der Waals surface area contributed by atoms with Crippen LogP contribution in [0.25, 0.3) is 0 Å². The normalized spacial score (nSPS) is 12.9. The first kappa shape index (κ1) is 71.8. The molecule has 0 saturated heterocycles. The molecule has 3 unspecified atom stereocenters. The highest BCUT2D eigenvalue weighted by Gasteiger charge is 2.20. The highest BCUT2D eigenvalue weighted by molar-refractivity contribution is 5.71. The third kappa shape index (κ3) is 52.6. The number of carbonyl (C=O) groups excluding carboxylic acids is 6. The molecule has 0 N–H and O–H groups in total. The fraction of sp³-hybridized carbons (Fsp3) is 0.905. The second-order valence-electron chi connectivity index (χ2n) is 21.8. The van der Waals surface area contributed by atoms with Crippen molar-refractivity contribution in [2.75, 3.05) is 13.2 Å². The molecule has 0 rings (SSSR count). The van der Waals surface area contributed by atoms with Gasteiger partial charge in [0.15, 0.2) is 6.10 Å². The molecule has 75 heavy (non-hydrogen) atoms. The van der Waals surface area contributed by atoms with Crippen LogP contribution in [-0.2, 0) is 57.2 Å². The Hall–Kier alpha value is -3.18. The van der Waals surface area contributed by atoms with Gasteiger partial charge in [0.05, 0.1) is 0 Å². The summed E-state index contributed by atoms with van der Waals surface area (Å²) in [5.74, 6) is -1.61. The van der Waals surface area contributed by atoms with Gasteiger partial charge >= 0.3 is 35.8 Å². The Morgan fingerprint density at radius 1 is 0.253 bits per heavy atom. The van der Waals surface area contributed by atoms with Crippen LogP contribution in [0.1, 0.15) is 330 Å². The summed E-state index contributed by atoms with van der Waals surface area (Å²) in [6.45, 7) is 10.8. The van der Waals surface area contributed by atoms with Gasteiger partial charge in [-0.25, -0.2) is 0 Å². The van der Waals surface area contributed by atoms with Crippen molar-refractivity contribution in [3.8, 4) is 0 Å². The van der Waals surface area contributed by atoms with Crippen LogP contribution in [0.2, 0.25) is 0 Å². The van der Waals surface area contributed by atoms with E-state index in [4.69, 9.17) is 28.4 Å². The number of hydrogen-bond donors (Lipinski definition) is 0. The topological polar surface area (TPSA) is 158 Å². The third-order valence-corrected chi connectivity index (χ3v) is 14.3. The molecule has 0 heterocycles. The minimum Gasteiger partial charge on any atom is -0.463 e. The lowest BCUT2D eigenvalue weighted by molar-refractivity contribution is -0.167. The lowest BCUT2D eigenvalue weighted by Gasteiger charge is -2.18. The van der Waals surface area contributed by atoms with E-state index in [0.717, 1.165) is 205 Å². The van der Waals surface area contributed by atoms with E-state index >= 15 is 0 Å². The van der Waals surface area contributed by atoms with Gasteiger partial charge in [0.1, 0.15) is 31.5 Å². The monoisotopic (exact) mass is 1060 g/mol. The van der Waals surface area contributed by atoms with E-state index in [1.165, 1.54) is 78.6 Å². The highest BCUT2D eigenvalue weighted by Crippen LogP contribution is 2.21. The first-order valence-corrected chi connectivity index (χ1v) is 31.4. The maximum absolute atomic E-state index is 13.0. The molecule has 0 aliphatic carbocycles. The van der Waals surface area contributed by atoms with Crippen molar-refractivity contribution in [3.63, 3.8) is 0 Å². The number of ether oxygens (including phenoxy) is 6. The molecular formula is C63H116O12. The summed E-state index contributed by atoms with van der Waals surface area (Å²) in [4.78, 5) is 73.1. The molecule has 12 heteroatoms. The zero-order valence-corrected chi connectivity index (χ0v) is 49.4. The van der Waals surface area contributed by atoms with Crippen molar-refractivity contribution < 1.29 is 57.2 Å². The molecule has 0 aromatic carbocycles. The zero-order valence-electron chi connectivity index (χ0n) is 49.4. The van der Waals surface area contributed by atoms with Crippen LogP contribution >= 0.6 is 0 Å². The smallest absolute Gasteiger partial charge is 0.306 e. The van der Waals surface area contributed by atoms with Crippen LogP contribution in [0.3, 0.4) is 0 Å². The van der Waals surface area contributed by atoms with E-state index in [9.17, 15) is 28.8 Å². The van der Waals surface area contributed by atoms with Gasteiger partial charge in [-0.1, -0.05) is 194 Å². The van der Waals surface area contributed by atoms with Crippen LogP contribution in [0.4, 0.5) is 0 Å². The molecule has 0 radical (unpaired) electrons. The molecule has 0 aromatic rings. The summed E-state index contributed by atoms with van der Waals surface area (Å²) in [6.07, 6.45) is 44.9. The number of rotatable bonds is 56. The maximum atomic E-state index is 13.0. The summed E-state index contributed by atoms with van der Waals surface area (Å²) in [5.41, 5.74) is 0. The minimum absolute atomic E-state index is 0.0370. The Morgan fingerprint density at radius 2 is 0.467 bits per heavy atom. The van der Waals surface area contributed by atoms with Crippen molar-refractivity contribution in [2.24, 2.45) is 0 Å². The highest BCUT2D eigenvalue weighted by atomic mass is 16.6. The van der Waals surface area contributed by atoms with Crippen LogP contribution in [0, 0.1) is 0 Å². The zero-order chi connectivity index (χ0) is 55.3. The van der Waals surface area contributed by atoms with Gasteiger partial charge in [-0.15, -0.1) is 0 Å². The van der Waals surface area contributed by atoms with E-state index in [1.54, 1.807) is 0 Å². The van der Waals surface area contributed by atoms with E-state index in [2.05, 4.69) is 20.8 Å². The van der Waals surface area contributed by atoms with Gasteiger partial charge in [-0.05, 0) is 96.3 Å². The average Bonchev–Trinajstić information content (AvgIpc) is 3.37. The van der Waals surface area contributed by atoms with Gasteiger partial charge in [-0.2, -0.15) is 0 Å². The third-order valence-electron chi connectivity index (χ3n) is 14.3. The molecule has 440 valence electrons. The molecule has 0 aliphatic heterocycles. The standard InChI is InChI=1S/C63H116O12/c1-7-10-13-34-43-57(72-54(4)64)46-37-28-22-16-19-25-31-40-49-61(67)70-52-60(75-63(69)51-42-33-27-21-18-24-30-39-48-59(74-56(6)66)45-36-15-12-9-3)53-71-62(68)50-41-32-26-20-17-23-29-38-47-58(73-55(5)65)44-35-14-11-8-2/h57-60H,7-53H2,1-6H3. The first-order valence-electron chi connectivity index (χ1n) is 31.4. The summed E-state index contributed by atoms with van der Waals surface area (Å²) in [6, 6.07) is 0. The predicted octanol–water partition coefficient (Wildman–Crippen LogP) is 17.4. The number of hydrogen-bond acceptors (Lipinski definition) is 12. The van der Waals surface area contributed by atoms with Crippen LogP contribution in [0.15, 0.2) is 0 Å². The fourth-order valence-corrected chi connectivity index (χ4v) is 9.87. The molecule has 0 bridgehead atoms. The largest absolute Gasteiger partial charge is 0.463 e. The second-order valence-corrected chi connectivity index (χ2v) is 21.8. The second kappa shape index (κ2) is 54.2. The molecule has 12 nitrogen and oxygen atoms in total. The molecule has 0 saturated carbocycles. The van der Waals surface area contributed by atoms with Crippen molar-refractivity contribution in [2.45, 2.75) is 355 Å². The lowest BCUT2D eigenvalue weighted by atomic mass is 10.0. The number of esters is 6. The summed E-state index contributed by atoms with van der Waals surface area (Å²) < 4.78 is 33.6. The summed E-state index contributed by atoms with van der Waals surface area (Å²) in [7, 11) is 0. The predicted molar refractivity (Wildman–Crippen MR) is 303 cm³/mol. The summed E-state index contributed by atoms with van der Waals surface area (Å²) in [5, 5.41) is 0. The van der Waals surface area contributed by atoms with Crippen molar-refractivity contribution in [3.05, 3.63) is 0 Å². The van der Waals surface area contributed by atoms with Crippen molar-refractivity contribution >= 4 is 35.8 Å². The van der Waals surface area contributed by atoms with E-state index in [0.29, 0.717) is 19.3 Å². The van der Waals surface area contributed by atoms with Gasteiger partial charge < -0.3 is 28.4 Å². The number of unbranched alkanes of at least 4 members (excludes halogenated alkanes) is 30. The fourth-order valence-electron chi connectivity index (χ4n) is 9.87. The molecule has 0 fully saturated rings. The average molecular weight is 1070 g/mol. The Labute approximate surface area is 459 Å². The van der Waals surface area contributed by atoms with Gasteiger partial charge in [0.2, 0.25) is 0 Å². The molecule has 0 aliphatic rings. The molecule has 0 aromatic heterocycles. The van der Waals surface area contributed by atoms with Crippen molar-refractivity contribution in [1.82, 2.24) is 0 Å². The van der Waals surface area contributed by atoms with Gasteiger partial charge in [-0.3, -0.25) is 28.8 Å². The Balaban J connectivity index is 4.67. The molecule has 0 spiro atoms. The number of carbonyl (C=O) groups is 6. The molecular weight excluding hydrogens is 949 g/mol. The van der Waals surface area contributed by atoms with E-state index in [-0.39, 0.29) is 73.8 Å². The van der Waals surface area contributed by atoms with Crippen LogP contribution < -0.4 is 0 Å². The molecule has 3 atom stereocenters. The van der Waals surface area contributed by atoms with Gasteiger partial charge in [0.25, 0.3) is 0 Å². The first-order chi connectivity index (χ1) is 36.4. The Kier molecular flexibility index (Phi) is 51.9.